The molecule has 0 bridgehead atoms. The Balaban J connectivity index is 2.73. The Bertz CT molecular complexity index is 268. The zero-order chi connectivity index (χ0) is 10.0. The van der Waals surface area contributed by atoms with Gasteiger partial charge in [0.05, 0.1) is 6.04 Å². The van der Waals surface area contributed by atoms with E-state index in [2.05, 4.69) is 13.8 Å². The molecule has 1 aromatic rings. The van der Waals surface area contributed by atoms with Crippen molar-refractivity contribution in [2.45, 2.75) is 32.9 Å². The lowest BCUT2D eigenvalue weighted by molar-refractivity contribution is 0.360. The van der Waals surface area contributed by atoms with E-state index in [4.69, 9.17) is 15.9 Å². The van der Waals surface area contributed by atoms with Gasteiger partial charge in [-0.25, -0.2) is 0 Å². The molecule has 1 heterocycles. The summed E-state index contributed by atoms with van der Waals surface area (Å²) in [6.45, 7) is 6.01. The number of hydrogen-bond donors (Lipinski definition) is 2. The SMILES string of the molecule is Cc1ccc([C@H](N)[C@@H](N)C(C)C)o1. The maximum Gasteiger partial charge on any atom is 0.122 e. The molecule has 0 saturated heterocycles. The van der Waals surface area contributed by atoms with E-state index in [9.17, 15) is 0 Å². The second-order valence-electron chi connectivity index (χ2n) is 3.80. The average Bonchev–Trinajstić information content (AvgIpc) is 2.49. The summed E-state index contributed by atoms with van der Waals surface area (Å²) in [4.78, 5) is 0. The zero-order valence-corrected chi connectivity index (χ0v) is 8.45. The molecule has 0 radical (unpaired) electrons. The molecular weight excluding hydrogens is 164 g/mol. The van der Waals surface area contributed by atoms with Gasteiger partial charge < -0.3 is 15.9 Å². The fourth-order valence-electron chi connectivity index (χ4n) is 1.24. The molecule has 0 saturated carbocycles. The molecule has 1 aromatic heterocycles. The predicted octanol–water partition coefficient (Wildman–Crippen LogP) is 1.57. The van der Waals surface area contributed by atoms with Crippen LogP contribution in [-0.2, 0) is 0 Å². The first-order valence-corrected chi connectivity index (χ1v) is 4.60. The smallest absolute Gasteiger partial charge is 0.122 e. The number of aryl methyl sites for hydroxylation is 1. The van der Waals surface area contributed by atoms with Crippen LogP contribution in [0.2, 0.25) is 0 Å². The first-order chi connectivity index (χ1) is 6.02. The largest absolute Gasteiger partial charge is 0.465 e. The van der Waals surface area contributed by atoms with Crippen molar-refractivity contribution in [2.24, 2.45) is 17.4 Å². The lowest BCUT2D eigenvalue weighted by Crippen LogP contribution is -2.38. The van der Waals surface area contributed by atoms with Crippen molar-refractivity contribution in [3.8, 4) is 0 Å². The molecule has 0 amide bonds. The second kappa shape index (κ2) is 3.94. The van der Waals surface area contributed by atoms with Crippen molar-refractivity contribution < 1.29 is 4.42 Å². The van der Waals surface area contributed by atoms with Gasteiger partial charge in [-0.05, 0) is 25.0 Å². The molecular formula is C10H18N2O. The summed E-state index contributed by atoms with van der Waals surface area (Å²) >= 11 is 0. The van der Waals surface area contributed by atoms with E-state index in [1.54, 1.807) is 0 Å². The van der Waals surface area contributed by atoms with Crippen molar-refractivity contribution >= 4 is 0 Å². The Morgan fingerprint density at radius 2 is 1.85 bits per heavy atom. The molecule has 1 rings (SSSR count). The molecule has 74 valence electrons. The van der Waals surface area contributed by atoms with E-state index in [-0.39, 0.29) is 12.1 Å². The Morgan fingerprint density at radius 1 is 1.23 bits per heavy atom. The highest BCUT2D eigenvalue weighted by atomic mass is 16.3. The number of nitrogens with two attached hydrogens (primary N) is 2. The van der Waals surface area contributed by atoms with Crippen molar-refractivity contribution in [1.29, 1.82) is 0 Å². The Morgan fingerprint density at radius 3 is 2.23 bits per heavy atom. The summed E-state index contributed by atoms with van der Waals surface area (Å²) in [5, 5.41) is 0. The summed E-state index contributed by atoms with van der Waals surface area (Å²) in [7, 11) is 0. The van der Waals surface area contributed by atoms with Crippen LogP contribution in [0.25, 0.3) is 0 Å². The third-order valence-electron chi connectivity index (χ3n) is 2.27. The van der Waals surface area contributed by atoms with Crippen LogP contribution < -0.4 is 11.5 Å². The predicted molar refractivity (Wildman–Crippen MR) is 53.2 cm³/mol. The van der Waals surface area contributed by atoms with Crippen LogP contribution in [0.4, 0.5) is 0 Å². The molecule has 3 nitrogen and oxygen atoms in total. The van der Waals surface area contributed by atoms with Crippen LogP contribution in [0, 0.1) is 12.8 Å². The highest BCUT2D eigenvalue weighted by molar-refractivity contribution is 5.11. The first-order valence-electron chi connectivity index (χ1n) is 4.60. The first kappa shape index (κ1) is 10.3. The Labute approximate surface area is 79.1 Å². The van der Waals surface area contributed by atoms with Crippen LogP contribution >= 0.6 is 0 Å². The van der Waals surface area contributed by atoms with Gasteiger partial charge in [0.1, 0.15) is 11.5 Å². The van der Waals surface area contributed by atoms with E-state index in [1.807, 2.05) is 19.1 Å². The van der Waals surface area contributed by atoms with Gasteiger partial charge in [0.15, 0.2) is 0 Å². The van der Waals surface area contributed by atoms with Gasteiger partial charge in [-0.1, -0.05) is 13.8 Å². The third-order valence-corrected chi connectivity index (χ3v) is 2.27. The highest BCUT2D eigenvalue weighted by Crippen LogP contribution is 2.19. The van der Waals surface area contributed by atoms with Crippen LogP contribution in [0.1, 0.15) is 31.4 Å². The zero-order valence-electron chi connectivity index (χ0n) is 8.45. The number of rotatable bonds is 3. The second-order valence-corrected chi connectivity index (χ2v) is 3.80. The molecule has 0 aliphatic heterocycles. The topological polar surface area (TPSA) is 65.2 Å². The van der Waals surface area contributed by atoms with E-state index in [0.29, 0.717) is 5.92 Å². The van der Waals surface area contributed by atoms with E-state index >= 15 is 0 Å². The van der Waals surface area contributed by atoms with Gasteiger partial charge >= 0.3 is 0 Å². The monoisotopic (exact) mass is 182 g/mol. The summed E-state index contributed by atoms with van der Waals surface area (Å²) in [5.74, 6) is 2.01. The minimum Gasteiger partial charge on any atom is -0.465 e. The average molecular weight is 182 g/mol. The number of furan rings is 1. The molecule has 0 aliphatic rings. The molecule has 0 unspecified atom stereocenters. The van der Waals surface area contributed by atoms with E-state index in [1.165, 1.54) is 0 Å². The summed E-state index contributed by atoms with van der Waals surface area (Å²) < 4.78 is 5.41. The molecule has 3 heteroatoms. The molecule has 0 spiro atoms. The van der Waals surface area contributed by atoms with Crippen molar-refractivity contribution in [3.63, 3.8) is 0 Å². The standard InChI is InChI=1S/C10H18N2O/c1-6(2)9(11)10(12)8-5-4-7(3)13-8/h4-6,9-10H,11-12H2,1-3H3/t9-,10-/m0/s1. The minimum absolute atomic E-state index is 0.0504. The quantitative estimate of drug-likeness (QED) is 0.745. The number of hydrogen-bond acceptors (Lipinski definition) is 3. The van der Waals surface area contributed by atoms with Gasteiger partial charge in [0.25, 0.3) is 0 Å². The summed E-state index contributed by atoms with van der Waals surface area (Å²) in [6.07, 6.45) is 0. The van der Waals surface area contributed by atoms with Crippen LogP contribution in [0.15, 0.2) is 16.5 Å². The maximum absolute atomic E-state index is 5.93. The third kappa shape index (κ3) is 2.32. The van der Waals surface area contributed by atoms with Gasteiger partial charge in [-0.2, -0.15) is 0 Å². The fraction of sp³-hybridized carbons (Fsp3) is 0.600. The van der Waals surface area contributed by atoms with Crippen LogP contribution in [0.3, 0.4) is 0 Å². The lowest BCUT2D eigenvalue weighted by atomic mass is 9.96. The molecule has 0 fully saturated rings. The Hall–Kier alpha value is -0.800. The van der Waals surface area contributed by atoms with Crippen molar-refractivity contribution in [3.05, 3.63) is 23.7 Å². The highest BCUT2D eigenvalue weighted by Gasteiger charge is 2.20. The van der Waals surface area contributed by atoms with Gasteiger partial charge in [-0.15, -0.1) is 0 Å². The normalized spacial score (nSPS) is 16.2. The lowest BCUT2D eigenvalue weighted by Gasteiger charge is -2.21. The van der Waals surface area contributed by atoms with E-state index < -0.39 is 0 Å². The maximum atomic E-state index is 5.93. The minimum atomic E-state index is -0.200. The molecule has 4 N–H and O–H groups in total. The Kier molecular flexibility index (Phi) is 3.12. The molecule has 0 aliphatic carbocycles. The van der Waals surface area contributed by atoms with Crippen molar-refractivity contribution in [1.82, 2.24) is 0 Å². The molecule has 13 heavy (non-hydrogen) atoms. The van der Waals surface area contributed by atoms with Gasteiger partial charge in [-0.3, -0.25) is 0 Å². The fourth-order valence-corrected chi connectivity index (χ4v) is 1.24. The molecule has 2 atom stereocenters. The van der Waals surface area contributed by atoms with Crippen molar-refractivity contribution in [2.75, 3.05) is 0 Å². The van der Waals surface area contributed by atoms with E-state index in [0.717, 1.165) is 11.5 Å². The van der Waals surface area contributed by atoms with Gasteiger partial charge in [0.2, 0.25) is 0 Å². The molecule has 0 aromatic carbocycles. The van der Waals surface area contributed by atoms with Crippen LogP contribution in [-0.4, -0.2) is 6.04 Å². The summed E-state index contributed by atoms with van der Waals surface area (Å²) in [5.41, 5.74) is 11.9. The van der Waals surface area contributed by atoms with Gasteiger partial charge in [0, 0.05) is 6.04 Å². The van der Waals surface area contributed by atoms with Crippen LogP contribution in [0.5, 0.6) is 0 Å². The summed E-state index contributed by atoms with van der Waals surface area (Å²) in [6, 6.07) is 3.55.